The van der Waals surface area contributed by atoms with Crippen LogP contribution in [0.15, 0.2) is 18.2 Å². The van der Waals surface area contributed by atoms with Crippen LogP contribution in [-0.4, -0.2) is 6.04 Å². The predicted octanol–water partition coefficient (Wildman–Crippen LogP) is 4.76. The van der Waals surface area contributed by atoms with Crippen molar-refractivity contribution in [3.05, 3.63) is 29.6 Å². The molecule has 3 unspecified atom stereocenters. The Bertz CT molecular complexity index is 483. The number of fused-ring (bicyclic) bond motifs is 2. The summed E-state index contributed by atoms with van der Waals surface area (Å²) in [6, 6.07) is 5.70. The van der Waals surface area contributed by atoms with E-state index >= 15 is 0 Å². The van der Waals surface area contributed by atoms with Crippen molar-refractivity contribution in [1.82, 2.24) is 0 Å². The summed E-state index contributed by atoms with van der Waals surface area (Å²) in [7, 11) is 0. The molecule has 0 heterocycles. The van der Waals surface area contributed by atoms with Crippen molar-refractivity contribution < 1.29 is 4.39 Å². The molecule has 1 nitrogen and oxygen atoms in total. The maximum atomic E-state index is 13.5. The molecule has 2 bridgehead atoms. The lowest BCUT2D eigenvalue weighted by Gasteiger charge is -2.43. The second-order valence-corrected chi connectivity index (χ2v) is 7.51. The van der Waals surface area contributed by atoms with E-state index in [0.717, 1.165) is 17.2 Å². The summed E-state index contributed by atoms with van der Waals surface area (Å²) in [6.07, 6.45) is 3.96. The standard InChI is InChI=1S/C17H24FN/c1-11-7-13(18)9-14(8-11)19-15-16(2,3)12-5-6-17(15,4)10-12/h7-9,12,15,19H,5-6,10H2,1-4H3. The third kappa shape index (κ3) is 1.96. The zero-order valence-corrected chi connectivity index (χ0v) is 12.4. The molecular weight excluding hydrogens is 237 g/mol. The van der Waals surface area contributed by atoms with Gasteiger partial charge in [0, 0.05) is 11.7 Å². The smallest absolute Gasteiger partial charge is 0.125 e. The van der Waals surface area contributed by atoms with Crippen LogP contribution in [0, 0.1) is 29.5 Å². The molecule has 0 spiro atoms. The fraction of sp³-hybridized carbons (Fsp3) is 0.647. The van der Waals surface area contributed by atoms with Crippen LogP contribution < -0.4 is 5.32 Å². The van der Waals surface area contributed by atoms with Gasteiger partial charge in [-0.1, -0.05) is 20.8 Å². The fourth-order valence-electron chi connectivity index (χ4n) is 4.65. The lowest BCUT2D eigenvalue weighted by Crippen LogP contribution is -2.45. The lowest BCUT2D eigenvalue weighted by molar-refractivity contribution is 0.155. The number of anilines is 1. The second kappa shape index (κ2) is 3.97. The SMILES string of the molecule is Cc1cc(F)cc(NC2C3(C)CCC(C3)C2(C)C)c1. The Morgan fingerprint density at radius 3 is 2.53 bits per heavy atom. The van der Waals surface area contributed by atoms with Crippen LogP contribution >= 0.6 is 0 Å². The van der Waals surface area contributed by atoms with E-state index in [0.29, 0.717) is 16.9 Å². The molecule has 2 heteroatoms. The summed E-state index contributed by atoms with van der Waals surface area (Å²) >= 11 is 0. The lowest BCUT2D eigenvalue weighted by atomic mass is 9.68. The minimum absolute atomic E-state index is 0.145. The Labute approximate surface area is 115 Å². The summed E-state index contributed by atoms with van der Waals surface area (Å²) in [4.78, 5) is 0. The molecule has 2 saturated carbocycles. The van der Waals surface area contributed by atoms with E-state index < -0.39 is 0 Å². The van der Waals surface area contributed by atoms with Crippen LogP contribution in [0.25, 0.3) is 0 Å². The van der Waals surface area contributed by atoms with Gasteiger partial charge in [0.2, 0.25) is 0 Å². The molecule has 0 aromatic heterocycles. The van der Waals surface area contributed by atoms with E-state index in [1.807, 2.05) is 6.92 Å². The highest BCUT2D eigenvalue weighted by atomic mass is 19.1. The number of aryl methyl sites for hydroxylation is 1. The average Bonchev–Trinajstić information content (AvgIpc) is 2.74. The van der Waals surface area contributed by atoms with Crippen LogP contribution in [-0.2, 0) is 0 Å². The third-order valence-corrected chi connectivity index (χ3v) is 5.62. The Balaban J connectivity index is 1.90. The largest absolute Gasteiger partial charge is 0.381 e. The highest BCUT2D eigenvalue weighted by Crippen LogP contribution is 2.63. The second-order valence-electron chi connectivity index (χ2n) is 7.51. The zero-order valence-electron chi connectivity index (χ0n) is 12.4. The summed E-state index contributed by atoms with van der Waals surface area (Å²) in [5, 5.41) is 3.64. The minimum Gasteiger partial charge on any atom is -0.381 e. The first-order valence-corrected chi connectivity index (χ1v) is 7.35. The van der Waals surface area contributed by atoms with Gasteiger partial charge in [-0.3, -0.25) is 0 Å². The molecular formula is C17H24FN. The Morgan fingerprint density at radius 1 is 1.21 bits per heavy atom. The van der Waals surface area contributed by atoms with Crippen LogP contribution in [0.3, 0.4) is 0 Å². The van der Waals surface area contributed by atoms with E-state index in [1.165, 1.54) is 19.3 Å². The quantitative estimate of drug-likeness (QED) is 0.809. The first kappa shape index (κ1) is 13.0. The molecule has 0 aliphatic heterocycles. The monoisotopic (exact) mass is 261 g/mol. The van der Waals surface area contributed by atoms with Gasteiger partial charge < -0.3 is 5.32 Å². The van der Waals surface area contributed by atoms with Crippen molar-refractivity contribution in [2.45, 2.75) is 53.0 Å². The Kier molecular flexibility index (Phi) is 2.71. The van der Waals surface area contributed by atoms with Gasteiger partial charge in [-0.15, -0.1) is 0 Å². The first-order chi connectivity index (χ1) is 8.81. The van der Waals surface area contributed by atoms with Gasteiger partial charge in [0.1, 0.15) is 5.82 Å². The van der Waals surface area contributed by atoms with Crippen molar-refractivity contribution >= 4 is 5.69 Å². The van der Waals surface area contributed by atoms with Gasteiger partial charge in [0.05, 0.1) is 0 Å². The molecule has 1 aromatic carbocycles. The summed E-state index contributed by atoms with van der Waals surface area (Å²) in [5.74, 6) is 0.665. The number of rotatable bonds is 2. The molecule has 104 valence electrons. The minimum atomic E-state index is -0.145. The normalized spacial score (nSPS) is 35.6. The maximum Gasteiger partial charge on any atom is 0.125 e. The third-order valence-electron chi connectivity index (χ3n) is 5.62. The van der Waals surface area contributed by atoms with Crippen LogP contribution in [0.5, 0.6) is 0 Å². The van der Waals surface area contributed by atoms with Crippen molar-refractivity contribution in [2.24, 2.45) is 16.7 Å². The van der Waals surface area contributed by atoms with E-state index in [4.69, 9.17) is 0 Å². The van der Waals surface area contributed by atoms with E-state index in [1.54, 1.807) is 12.1 Å². The predicted molar refractivity (Wildman–Crippen MR) is 77.8 cm³/mol. The molecule has 0 radical (unpaired) electrons. The van der Waals surface area contributed by atoms with E-state index in [2.05, 4.69) is 32.2 Å². The first-order valence-electron chi connectivity index (χ1n) is 7.35. The molecule has 1 aromatic rings. The number of benzene rings is 1. The van der Waals surface area contributed by atoms with E-state index in [-0.39, 0.29) is 5.82 Å². The molecule has 2 aliphatic carbocycles. The van der Waals surface area contributed by atoms with Crippen LogP contribution in [0.2, 0.25) is 0 Å². The topological polar surface area (TPSA) is 12.0 Å². The summed E-state index contributed by atoms with van der Waals surface area (Å²) < 4.78 is 13.5. The highest BCUT2D eigenvalue weighted by Gasteiger charge is 2.59. The van der Waals surface area contributed by atoms with Gasteiger partial charge in [-0.05, 0) is 66.7 Å². The van der Waals surface area contributed by atoms with Crippen molar-refractivity contribution in [3.8, 4) is 0 Å². The van der Waals surface area contributed by atoms with Crippen molar-refractivity contribution in [3.63, 3.8) is 0 Å². The molecule has 2 fully saturated rings. The Morgan fingerprint density at radius 2 is 1.95 bits per heavy atom. The van der Waals surface area contributed by atoms with Gasteiger partial charge in [-0.2, -0.15) is 0 Å². The fourth-order valence-corrected chi connectivity index (χ4v) is 4.65. The van der Waals surface area contributed by atoms with E-state index in [9.17, 15) is 4.39 Å². The van der Waals surface area contributed by atoms with Crippen LogP contribution in [0.4, 0.5) is 10.1 Å². The van der Waals surface area contributed by atoms with Gasteiger partial charge in [0.15, 0.2) is 0 Å². The number of hydrogen-bond donors (Lipinski definition) is 1. The summed E-state index contributed by atoms with van der Waals surface area (Å²) in [6.45, 7) is 9.07. The van der Waals surface area contributed by atoms with Crippen molar-refractivity contribution in [1.29, 1.82) is 0 Å². The molecule has 0 amide bonds. The number of halogens is 1. The highest BCUT2D eigenvalue weighted by molar-refractivity contribution is 5.48. The zero-order chi connectivity index (χ0) is 13.8. The van der Waals surface area contributed by atoms with Crippen LogP contribution in [0.1, 0.15) is 45.6 Å². The molecule has 2 aliphatic rings. The van der Waals surface area contributed by atoms with Gasteiger partial charge in [-0.25, -0.2) is 4.39 Å². The Hall–Kier alpha value is -1.05. The maximum absolute atomic E-state index is 13.5. The molecule has 1 N–H and O–H groups in total. The average molecular weight is 261 g/mol. The number of nitrogens with one attached hydrogen (secondary N) is 1. The molecule has 0 saturated heterocycles. The summed E-state index contributed by atoms with van der Waals surface area (Å²) in [5.41, 5.74) is 2.58. The molecule has 3 rings (SSSR count). The molecule has 19 heavy (non-hydrogen) atoms. The van der Waals surface area contributed by atoms with Crippen molar-refractivity contribution in [2.75, 3.05) is 5.32 Å². The molecule has 3 atom stereocenters. The van der Waals surface area contributed by atoms with Gasteiger partial charge >= 0.3 is 0 Å². The number of hydrogen-bond acceptors (Lipinski definition) is 1. The van der Waals surface area contributed by atoms with Gasteiger partial charge in [0.25, 0.3) is 0 Å².